The van der Waals surface area contributed by atoms with E-state index in [1.807, 2.05) is 0 Å². The lowest BCUT2D eigenvalue weighted by Gasteiger charge is -2.21. The summed E-state index contributed by atoms with van der Waals surface area (Å²) >= 11 is 0. The Balaban J connectivity index is 5.17. The molecule has 0 aromatic carbocycles. The third-order valence-corrected chi connectivity index (χ3v) is 21.9. The summed E-state index contributed by atoms with van der Waals surface area (Å²) in [5.74, 6) is 0.154. The van der Waals surface area contributed by atoms with Crippen molar-refractivity contribution in [2.24, 2.45) is 17.8 Å². The van der Waals surface area contributed by atoms with E-state index in [2.05, 4.69) is 48.5 Å². The molecule has 0 heterocycles. The summed E-state index contributed by atoms with van der Waals surface area (Å²) in [7, 11) is -9.92. The molecule has 103 heavy (non-hydrogen) atoms. The topological polar surface area (TPSA) is 237 Å². The number of hydrogen-bond donors (Lipinski definition) is 3. The van der Waals surface area contributed by atoms with E-state index in [-0.39, 0.29) is 25.7 Å². The number of ether oxygens (including phenoxy) is 4. The summed E-state index contributed by atoms with van der Waals surface area (Å²) in [6.45, 7) is 11.9. The van der Waals surface area contributed by atoms with Crippen molar-refractivity contribution in [2.75, 3.05) is 39.6 Å². The van der Waals surface area contributed by atoms with Crippen LogP contribution < -0.4 is 0 Å². The Bertz CT molecular complexity index is 1990. The van der Waals surface area contributed by atoms with E-state index in [0.29, 0.717) is 31.6 Å². The first-order valence-electron chi connectivity index (χ1n) is 43.4. The number of unbranched alkanes of at least 4 members (excludes halogenated alkanes) is 49. The fraction of sp³-hybridized carbons (Fsp3) is 0.952. The number of phosphoric acid groups is 2. The van der Waals surface area contributed by atoms with Gasteiger partial charge in [-0.15, -0.1) is 0 Å². The van der Waals surface area contributed by atoms with Gasteiger partial charge in [0.2, 0.25) is 0 Å². The van der Waals surface area contributed by atoms with Crippen molar-refractivity contribution < 1.29 is 80.2 Å². The monoisotopic (exact) mass is 1510 g/mol. The van der Waals surface area contributed by atoms with Gasteiger partial charge in [-0.1, -0.05) is 389 Å². The second kappa shape index (κ2) is 74.2. The summed E-state index contributed by atoms with van der Waals surface area (Å²) in [6.07, 6.45) is 64.3. The molecule has 0 bridgehead atoms. The van der Waals surface area contributed by atoms with E-state index in [0.717, 1.165) is 108 Å². The molecule has 612 valence electrons. The van der Waals surface area contributed by atoms with Gasteiger partial charge in [-0.25, -0.2) is 9.13 Å². The first-order valence-corrected chi connectivity index (χ1v) is 46.4. The summed E-state index contributed by atoms with van der Waals surface area (Å²) in [5, 5.41) is 10.6. The molecule has 0 fully saturated rings. The fourth-order valence-corrected chi connectivity index (χ4v) is 14.6. The lowest BCUT2D eigenvalue weighted by molar-refractivity contribution is -0.161. The van der Waals surface area contributed by atoms with Gasteiger partial charge in [0.05, 0.1) is 26.4 Å². The van der Waals surface area contributed by atoms with Gasteiger partial charge >= 0.3 is 39.5 Å². The summed E-state index contributed by atoms with van der Waals surface area (Å²) in [6, 6.07) is 0. The largest absolute Gasteiger partial charge is 0.472 e. The highest BCUT2D eigenvalue weighted by molar-refractivity contribution is 7.47. The van der Waals surface area contributed by atoms with Gasteiger partial charge in [0.15, 0.2) is 12.2 Å². The Labute approximate surface area is 632 Å². The van der Waals surface area contributed by atoms with Crippen LogP contribution in [-0.2, 0) is 65.4 Å². The molecule has 0 aliphatic heterocycles. The number of carbonyl (C=O) groups is 4. The van der Waals surface area contributed by atoms with E-state index in [9.17, 15) is 43.2 Å². The summed E-state index contributed by atoms with van der Waals surface area (Å²) in [5.41, 5.74) is 0. The van der Waals surface area contributed by atoms with Crippen LogP contribution in [0.4, 0.5) is 0 Å². The smallest absolute Gasteiger partial charge is 0.462 e. The van der Waals surface area contributed by atoms with Gasteiger partial charge in [0.1, 0.15) is 19.3 Å². The SMILES string of the molecule is CCCCCCCCCCCCCCCCCCCCCCCC(=O)OC[C@H](COP(=O)(O)OC[C@@H](O)COP(=O)(O)OC[C@@H](COC(=O)CCCCCCCCC(C)C)OC(=O)CCCCCCCCCCC(C)C)OC(=O)CCCCCCCCCCCCCCCCCCCCC(C)CC. The van der Waals surface area contributed by atoms with Crippen LogP contribution in [0.2, 0.25) is 0 Å². The third kappa shape index (κ3) is 76.6. The number of aliphatic hydroxyl groups is 1. The molecule has 0 aliphatic rings. The molecule has 0 radical (unpaired) electrons. The minimum atomic E-state index is -4.96. The molecule has 3 unspecified atom stereocenters. The number of rotatable bonds is 82. The second-order valence-electron chi connectivity index (χ2n) is 31.4. The average molecular weight is 1510 g/mol. The minimum absolute atomic E-state index is 0.104. The van der Waals surface area contributed by atoms with Gasteiger partial charge in [0.25, 0.3) is 0 Å². The van der Waals surface area contributed by atoms with Crippen molar-refractivity contribution in [1.82, 2.24) is 0 Å². The van der Waals surface area contributed by atoms with Crippen molar-refractivity contribution in [1.29, 1.82) is 0 Å². The van der Waals surface area contributed by atoms with Gasteiger partial charge < -0.3 is 33.8 Å². The maximum absolute atomic E-state index is 13.1. The average Bonchev–Trinajstić information content (AvgIpc) is 1.00. The molecule has 0 spiro atoms. The minimum Gasteiger partial charge on any atom is -0.462 e. The second-order valence-corrected chi connectivity index (χ2v) is 34.3. The predicted octanol–water partition coefficient (Wildman–Crippen LogP) is 25.3. The van der Waals surface area contributed by atoms with Gasteiger partial charge in [-0.2, -0.15) is 0 Å². The highest BCUT2D eigenvalue weighted by Gasteiger charge is 2.30. The quantitative estimate of drug-likeness (QED) is 0.0222. The number of aliphatic hydroxyl groups excluding tert-OH is 1. The summed E-state index contributed by atoms with van der Waals surface area (Å²) < 4.78 is 68.7. The Morgan fingerprint density at radius 1 is 0.282 bits per heavy atom. The zero-order chi connectivity index (χ0) is 75.8. The summed E-state index contributed by atoms with van der Waals surface area (Å²) in [4.78, 5) is 73.0. The maximum atomic E-state index is 13.1. The molecule has 19 heteroatoms. The molecule has 0 aliphatic carbocycles. The molecule has 6 atom stereocenters. The number of phosphoric ester groups is 2. The maximum Gasteiger partial charge on any atom is 0.472 e. The van der Waals surface area contributed by atoms with E-state index in [1.165, 1.54) is 244 Å². The Hall–Kier alpha value is -1.94. The molecule has 3 N–H and O–H groups in total. The zero-order valence-corrected chi connectivity index (χ0v) is 69.6. The van der Waals surface area contributed by atoms with Crippen molar-refractivity contribution in [3.63, 3.8) is 0 Å². The Morgan fingerprint density at radius 2 is 0.495 bits per heavy atom. The van der Waals surface area contributed by atoms with Crippen molar-refractivity contribution >= 4 is 39.5 Å². The Kier molecular flexibility index (Phi) is 72.8. The van der Waals surface area contributed by atoms with Gasteiger partial charge in [-0.05, 0) is 43.4 Å². The molecule has 0 saturated heterocycles. The predicted molar refractivity (Wildman–Crippen MR) is 423 cm³/mol. The van der Waals surface area contributed by atoms with Crippen LogP contribution in [0.5, 0.6) is 0 Å². The highest BCUT2D eigenvalue weighted by Crippen LogP contribution is 2.45. The molecule has 0 rings (SSSR count). The van der Waals surface area contributed by atoms with Crippen LogP contribution in [0.1, 0.15) is 440 Å². The molecular weight excluding hydrogens is 1340 g/mol. The normalized spacial score (nSPS) is 14.2. The first-order chi connectivity index (χ1) is 49.8. The number of esters is 4. The molecule has 0 amide bonds. The van der Waals surface area contributed by atoms with E-state index in [1.54, 1.807) is 0 Å². The van der Waals surface area contributed by atoms with E-state index in [4.69, 9.17) is 37.0 Å². The van der Waals surface area contributed by atoms with Crippen LogP contribution in [-0.4, -0.2) is 96.7 Å². The van der Waals surface area contributed by atoms with Crippen molar-refractivity contribution in [3.05, 3.63) is 0 Å². The van der Waals surface area contributed by atoms with Crippen LogP contribution in [0.15, 0.2) is 0 Å². The lowest BCUT2D eigenvalue weighted by Crippen LogP contribution is -2.30. The molecule has 0 aromatic heterocycles. The molecule has 0 aromatic rings. The van der Waals surface area contributed by atoms with Gasteiger partial charge in [0, 0.05) is 25.7 Å². The van der Waals surface area contributed by atoms with Crippen molar-refractivity contribution in [3.8, 4) is 0 Å². The fourth-order valence-electron chi connectivity index (χ4n) is 13.0. The zero-order valence-electron chi connectivity index (χ0n) is 67.8. The van der Waals surface area contributed by atoms with Crippen LogP contribution in [0.3, 0.4) is 0 Å². The molecule has 17 nitrogen and oxygen atoms in total. The van der Waals surface area contributed by atoms with Crippen LogP contribution in [0, 0.1) is 17.8 Å². The number of hydrogen-bond acceptors (Lipinski definition) is 15. The standard InChI is InChI=1S/C84H164O17P2/c1-8-10-11-12-13-14-15-16-17-18-19-20-21-25-28-31-34-37-43-51-58-65-81(86)94-71-79(100-83(88)67-60-53-44-38-35-32-29-26-23-22-24-27-30-33-36-42-50-57-64-77(7)9-2)73-98-102(90,91)96-69-78(85)70-97-103(92,93)99-74-80(72-95-82(87)66-59-52-47-46-49-56-63-76(5)6)101-84(89)68-61-54-45-40-39-41-48-55-62-75(3)4/h75-80,85H,8-74H2,1-7H3,(H,90,91)(H,92,93)/t77?,78-,79-,80-/m1/s1. The Morgan fingerprint density at radius 3 is 0.738 bits per heavy atom. The van der Waals surface area contributed by atoms with E-state index < -0.39 is 97.5 Å². The van der Waals surface area contributed by atoms with Gasteiger partial charge in [-0.3, -0.25) is 37.3 Å². The molecule has 0 saturated carbocycles. The van der Waals surface area contributed by atoms with Crippen LogP contribution >= 0.6 is 15.6 Å². The van der Waals surface area contributed by atoms with Crippen molar-refractivity contribution in [2.45, 2.75) is 458 Å². The van der Waals surface area contributed by atoms with Crippen LogP contribution in [0.25, 0.3) is 0 Å². The number of carbonyl (C=O) groups excluding carboxylic acids is 4. The van der Waals surface area contributed by atoms with E-state index >= 15 is 0 Å². The molecular formula is C84H164O17P2. The lowest BCUT2D eigenvalue weighted by atomic mass is 9.99. The highest BCUT2D eigenvalue weighted by atomic mass is 31.2. The third-order valence-electron chi connectivity index (χ3n) is 20.0. The first kappa shape index (κ1) is 101.